The molecule has 0 fully saturated rings. The van der Waals surface area contributed by atoms with Crippen molar-refractivity contribution in [1.82, 2.24) is 0 Å². The molecule has 0 atom stereocenters. The zero-order chi connectivity index (χ0) is 23.0. The summed E-state index contributed by atoms with van der Waals surface area (Å²) in [5.41, 5.74) is 0.379. The molecule has 0 amide bonds. The lowest BCUT2D eigenvalue weighted by molar-refractivity contribution is 0.0732. The second-order valence-electron chi connectivity index (χ2n) is 8.07. The van der Waals surface area contributed by atoms with Crippen molar-refractivity contribution < 1.29 is 19.0 Å². The summed E-state index contributed by atoms with van der Waals surface area (Å²) in [6.07, 6.45) is 3.89. The molecular formula is C29H30O4. The van der Waals surface area contributed by atoms with E-state index in [4.69, 9.17) is 14.2 Å². The second kappa shape index (κ2) is 10.9. The Morgan fingerprint density at radius 3 is 2.09 bits per heavy atom. The Morgan fingerprint density at radius 2 is 1.33 bits per heavy atom. The number of unbranched alkanes of at least 4 members (excludes halogenated alkanes) is 2. The number of fused-ring (bicyclic) bond motifs is 2. The van der Waals surface area contributed by atoms with Crippen LogP contribution in [0.4, 0.5) is 0 Å². The first-order valence-corrected chi connectivity index (χ1v) is 11.7. The van der Waals surface area contributed by atoms with Crippen LogP contribution in [-0.2, 0) is 0 Å². The third-order valence-electron chi connectivity index (χ3n) is 5.63. The molecule has 4 rings (SSSR count). The van der Waals surface area contributed by atoms with E-state index >= 15 is 0 Å². The van der Waals surface area contributed by atoms with Crippen molar-refractivity contribution in [2.45, 2.75) is 39.5 Å². The first-order chi connectivity index (χ1) is 16.2. The molecule has 0 unspecified atom stereocenters. The molecule has 0 saturated heterocycles. The minimum atomic E-state index is -0.455. The molecular weight excluding hydrogens is 412 g/mol. The Morgan fingerprint density at radius 1 is 0.697 bits per heavy atom. The molecule has 4 aromatic rings. The van der Waals surface area contributed by atoms with Crippen molar-refractivity contribution in [1.29, 1.82) is 0 Å². The van der Waals surface area contributed by atoms with Gasteiger partial charge in [0.1, 0.15) is 22.8 Å². The fraction of sp³-hybridized carbons (Fsp3) is 0.276. The zero-order valence-electron chi connectivity index (χ0n) is 19.3. The van der Waals surface area contributed by atoms with Gasteiger partial charge in [0.15, 0.2) is 0 Å². The topological polar surface area (TPSA) is 44.8 Å². The molecule has 0 bridgehead atoms. The van der Waals surface area contributed by atoms with Crippen LogP contribution in [0.3, 0.4) is 0 Å². The van der Waals surface area contributed by atoms with Crippen molar-refractivity contribution in [3.05, 3.63) is 78.4 Å². The monoisotopic (exact) mass is 442 g/mol. The number of esters is 1. The smallest absolute Gasteiger partial charge is 0.347 e. The van der Waals surface area contributed by atoms with Gasteiger partial charge in [-0.1, -0.05) is 87.4 Å². The lowest BCUT2D eigenvalue weighted by atomic mass is 10.0. The highest BCUT2D eigenvalue weighted by Crippen LogP contribution is 2.38. The molecule has 0 aromatic heterocycles. The highest BCUT2D eigenvalue weighted by molar-refractivity contribution is 6.05. The summed E-state index contributed by atoms with van der Waals surface area (Å²) in [4.78, 5) is 13.5. The van der Waals surface area contributed by atoms with E-state index in [9.17, 15) is 4.79 Å². The molecule has 0 spiro atoms. The van der Waals surface area contributed by atoms with Crippen LogP contribution in [-0.4, -0.2) is 19.2 Å². The van der Waals surface area contributed by atoms with Crippen molar-refractivity contribution >= 4 is 27.5 Å². The zero-order valence-corrected chi connectivity index (χ0v) is 19.3. The number of ether oxygens (including phenoxy) is 3. The van der Waals surface area contributed by atoms with Crippen LogP contribution in [0.25, 0.3) is 21.5 Å². The molecule has 0 N–H and O–H groups in total. The van der Waals surface area contributed by atoms with Crippen LogP contribution in [0.1, 0.15) is 49.9 Å². The molecule has 0 aliphatic heterocycles. The number of rotatable bonds is 10. The summed E-state index contributed by atoms with van der Waals surface area (Å²) in [6.45, 7) is 5.36. The Labute approximate surface area is 195 Å². The molecule has 0 heterocycles. The lowest BCUT2D eigenvalue weighted by Crippen LogP contribution is -2.13. The van der Waals surface area contributed by atoms with Crippen molar-refractivity contribution in [2.75, 3.05) is 13.2 Å². The first kappa shape index (κ1) is 22.7. The molecule has 4 nitrogen and oxygen atoms in total. The van der Waals surface area contributed by atoms with Crippen molar-refractivity contribution in [3.63, 3.8) is 0 Å². The maximum absolute atomic E-state index is 13.5. The summed E-state index contributed by atoms with van der Waals surface area (Å²) in [7, 11) is 0. The summed E-state index contributed by atoms with van der Waals surface area (Å²) in [6, 6.07) is 23.2. The predicted molar refractivity (Wildman–Crippen MR) is 134 cm³/mol. The van der Waals surface area contributed by atoms with Crippen LogP contribution in [0.2, 0.25) is 0 Å². The Bertz CT molecular complexity index is 1240. The lowest BCUT2D eigenvalue weighted by Gasteiger charge is -2.17. The normalized spacial score (nSPS) is 11.0. The molecule has 4 heteroatoms. The third-order valence-corrected chi connectivity index (χ3v) is 5.63. The first-order valence-electron chi connectivity index (χ1n) is 11.7. The molecule has 33 heavy (non-hydrogen) atoms. The number of hydrogen-bond donors (Lipinski definition) is 0. The molecule has 4 aromatic carbocycles. The van der Waals surface area contributed by atoms with Gasteiger partial charge in [-0.25, -0.2) is 4.79 Å². The van der Waals surface area contributed by atoms with Gasteiger partial charge < -0.3 is 14.2 Å². The highest BCUT2D eigenvalue weighted by Gasteiger charge is 2.22. The van der Waals surface area contributed by atoms with Gasteiger partial charge in [-0.15, -0.1) is 0 Å². The SMILES string of the molecule is CCCCOc1cc(C(=O)Oc2cccc3ccccc23)c(OCCCC)c2ccccc12. The van der Waals surface area contributed by atoms with E-state index in [1.807, 2.05) is 66.7 Å². The predicted octanol–water partition coefficient (Wildman–Crippen LogP) is 7.57. The Kier molecular flexibility index (Phi) is 7.46. The number of carbonyl (C=O) groups is 1. The van der Waals surface area contributed by atoms with Gasteiger partial charge in [0.25, 0.3) is 0 Å². The average Bonchev–Trinajstić information content (AvgIpc) is 2.85. The number of benzene rings is 4. The maximum Gasteiger partial charge on any atom is 0.347 e. The minimum absolute atomic E-state index is 0.379. The molecule has 170 valence electrons. The van der Waals surface area contributed by atoms with Gasteiger partial charge in [-0.2, -0.15) is 0 Å². The fourth-order valence-corrected chi connectivity index (χ4v) is 3.83. The van der Waals surface area contributed by atoms with Crippen LogP contribution in [0.15, 0.2) is 72.8 Å². The molecule has 0 aliphatic carbocycles. The van der Waals surface area contributed by atoms with Gasteiger partial charge in [0, 0.05) is 16.2 Å². The van der Waals surface area contributed by atoms with E-state index in [-0.39, 0.29) is 0 Å². The van der Waals surface area contributed by atoms with E-state index in [0.29, 0.717) is 36.0 Å². The minimum Gasteiger partial charge on any atom is -0.493 e. The van der Waals surface area contributed by atoms with Gasteiger partial charge in [-0.05, 0) is 30.4 Å². The molecule has 0 aliphatic rings. The fourth-order valence-electron chi connectivity index (χ4n) is 3.83. The van der Waals surface area contributed by atoms with Gasteiger partial charge in [0.2, 0.25) is 0 Å². The van der Waals surface area contributed by atoms with E-state index in [1.165, 1.54) is 0 Å². The average molecular weight is 443 g/mol. The van der Waals surface area contributed by atoms with Crippen molar-refractivity contribution in [3.8, 4) is 17.2 Å². The van der Waals surface area contributed by atoms with Crippen LogP contribution < -0.4 is 14.2 Å². The number of carbonyl (C=O) groups excluding carboxylic acids is 1. The van der Waals surface area contributed by atoms with E-state index < -0.39 is 5.97 Å². The van der Waals surface area contributed by atoms with Gasteiger partial charge >= 0.3 is 5.97 Å². The largest absolute Gasteiger partial charge is 0.493 e. The van der Waals surface area contributed by atoms with Crippen LogP contribution >= 0.6 is 0 Å². The second-order valence-corrected chi connectivity index (χ2v) is 8.07. The Hall–Kier alpha value is -3.53. The highest BCUT2D eigenvalue weighted by atomic mass is 16.5. The van der Waals surface area contributed by atoms with E-state index in [1.54, 1.807) is 6.07 Å². The quantitative estimate of drug-likeness (QED) is 0.144. The van der Waals surface area contributed by atoms with Crippen LogP contribution in [0, 0.1) is 0 Å². The third kappa shape index (κ3) is 5.11. The van der Waals surface area contributed by atoms with E-state index in [0.717, 1.165) is 47.2 Å². The standard InChI is InChI=1S/C29H30O4/c1-3-5-18-31-27-20-25(28(32-19-6-4-2)24-16-10-9-15-23(24)27)29(30)33-26-17-11-13-21-12-7-8-14-22(21)26/h7-17,20H,3-6,18-19H2,1-2H3. The summed E-state index contributed by atoms with van der Waals surface area (Å²) in [5.74, 6) is 1.29. The molecule has 0 saturated carbocycles. The summed E-state index contributed by atoms with van der Waals surface area (Å²) >= 11 is 0. The summed E-state index contributed by atoms with van der Waals surface area (Å²) < 4.78 is 18.2. The van der Waals surface area contributed by atoms with Crippen molar-refractivity contribution in [2.24, 2.45) is 0 Å². The van der Waals surface area contributed by atoms with Gasteiger partial charge in [0.05, 0.1) is 13.2 Å². The summed E-state index contributed by atoms with van der Waals surface area (Å²) in [5, 5.41) is 3.70. The maximum atomic E-state index is 13.5. The molecule has 0 radical (unpaired) electrons. The number of hydrogen-bond acceptors (Lipinski definition) is 4. The van der Waals surface area contributed by atoms with Gasteiger partial charge in [-0.3, -0.25) is 0 Å². The van der Waals surface area contributed by atoms with E-state index in [2.05, 4.69) is 13.8 Å². The van der Waals surface area contributed by atoms with Crippen LogP contribution in [0.5, 0.6) is 17.2 Å². The Balaban J connectivity index is 1.77.